The van der Waals surface area contributed by atoms with Gasteiger partial charge in [0.15, 0.2) is 16.7 Å². The SMILES string of the molecule is COc1ccc(CN(C(=O)CSc2nc(C)cc(C)n2)C(C(=O)Nc2ccc3c(c2)OCO3)c2ccc(Cl)cc2)cc1. The van der Waals surface area contributed by atoms with E-state index in [1.54, 1.807) is 54.5 Å². The number of hydrogen-bond donors (Lipinski definition) is 1. The maximum absolute atomic E-state index is 14.0. The van der Waals surface area contributed by atoms with E-state index in [9.17, 15) is 9.59 Å². The van der Waals surface area contributed by atoms with Crippen molar-refractivity contribution in [2.24, 2.45) is 0 Å². The van der Waals surface area contributed by atoms with Crippen molar-refractivity contribution in [2.75, 3.05) is 25.0 Å². The number of carbonyl (C=O) groups is 2. The Morgan fingerprint density at radius 1 is 0.976 bits per heavy atom. The molecule has 11 heteroatoms. The lowest BCUT2D eigenvalue weighted by atomic mass is 10.0. The first kappa shape index (κ1) is 29.2. The van der Waals surface area contributed by atoms with Crippen LogP contribution >= 0.6 is 23.4 Å². The smallest absolute Gasteiger partial charge is 0.251 e. The van der Waals surface area contributed by atoms with Crippen LogP contribution in [0.4, 0.5) is 5.69 Å². The van der Waals surface area contributed by atoms with Crippen LogP contribution in [-0.2, 0) is 16.1 Å². The maximum Gasteiger partial charge on any atom is 0.251 e. The zero-order valence-electron chi connectivity index (χ0n) is 23.3. The Morgan fingerprint density at radius 2 is 1.67 bits per heavy atom. The van der Waals surface area contributed by atoms with Gasteiger partial charge in [-0.1, -0.05) is 47.6 Å². The van der Waals surface area contributed by atoms with Gasteiger partial charge >= 0.3 is 0 Å². The normalized spacial score (nSPS) is 12.5. The van der Waals surface area contributed by atoms with Crippen LogP contribution in [0.2, 0.25) is 5.02 Å². The number of nitrogens with zero attached hydrogens (tertiary/aromatic N) is 3. The molecule has 0 aliphatic carbocycles. The van der Waals surface area contributed by atoms with Crippen molar-refractivity contribution in [3.8, 4) is 17.2 Å². The zero-order chi connectivity index (χ0) is 29.6. The van der Waals surface area contributed by atoms with Gasteiger partial charge < -0.3 is 24.4 Å². The Bertz CT molecular complexity index is 1560. The number of fused-ring (bicyclic) bond motifs is 1. The minimum atomic E-state index is -0.983. The van der Waals surface area contributed by atoms with Crippen LogP contribution in [0.1, 0.15) is 28.6 Å². The van der Waals surface area contributed by atoms with E-state index >= 15 is 0 Å². The van der Waals surface area contributed by atoms with Gasteiger partial charge in [0.05, 0.1) is 12.9 Å². The van der Waals surface area contributed by atoms with Gasteiger partial charge in [0.1, 0.15) is 11.8 Å². The molecule has 5 rings (SSSR count). The molecule has 1 aliphatic rings. The predicted molar refractivity (Wildman–Crippen MR) is 161 cm³/mol. The summed E-state index contributed by atoms with van der Waals surface area (Å²) in [6.07, 6.45) is 0. The lowest BCUT2D eigenvalue weighted by Crippen LogP contribution is -2.41. The van der Waals surface area contributed by atoms with Crippen molar-refractivity contribution < 1.29 is 23.8 Å². The molecule has 0 saturated carbocycles. The molecular weight excluding hydrogens is 576 g/mol. The number of carbonyl (C=O) groups excluding carboxylic acids is 2. The monoisotopic (exact) mass is 604 g/mol. The summed E-state index contributed by atoms with van der Waals surface area (Å²) in [4.78, 5) is 38.5. The molecule has 4 aromatic rings. The van der Waals surface area contributed by atoms with Crippen molar-refractivity contribution >= 4 is 40.9 Å². The number of methoxy groups -OCH3 is 1. The maximum atomic E-state index is 14.0. The Morgan fingerprint density at radius 3 is 2.36 bits per heavy atom. The van der Waals surface area contributed by atoms with Crippen molar-refractivity contribution in [3.05, 3.63) is 100 Å². The van der Waals surface area contributed by atoms with Crippen molar-refractivity contribution in [1.82, 2.24) is 14.9 Å². The van der Waals surface area contributed by atoms with Crippen molar-refractivity contribution in [3.63, 3.8) is 0 Å². The van der Waals surface area contributed by atoms with Crippen LogP contribution in [0.5, 0.6) is 17.2 Å². The van der Waals surface area contributed by atoms with Crippen molar-refractivity contribution in [2.45, 2.75) is 31.6 Å². The van der Waals surface area contributed by atoms with Crippen LogP contribution < -0.4 is 19.5 Å². The molecule has 3 aromatic carbocycles. The second kappa shape index (κ2) is 13.1. The molecule has 0 bridgehead atoms. The highest BCUT2D eigenvalue weighted by atomic mass is 35.5. The van der Waals surface area contributed by atoms with E-state index in [2.05, 4.69) is 15.3 Å². The summed E-state index contributed by atoms with van der Waals surface area (Å²) in [5, 5.41) is 3.98. The molecule has 9 nitrogen and oxygen atoms in total. The van der Waals surface area contributed by atoms with Crippen LogP contribution in [0.3, 0.4) is 0 Å². The number of thioether (sulfide) groups is 1. The van der Waals surface area contributed by atoms with E-state index in [0.717, 1.165) is 17.0 Å². The van der Waals surface area contributed by atoms with Gasteiger partial charge in [-0.15, -0.1) is 0 Å². The summed E-state index contributed by atoms with van der Waals surface area (Å²) >= 11 is 7.42. The Hall–Kier alpha value is -4.28. The molecule has 0 fully saturated rings. The molecule has 1 unspecified atom stereocenters. The van der Waals surface area contributed by atoms with Gasteiger partial charge in [-0.3, -0.25) is 9.59 Å². The molecular formula is C31H29ClN4O5S. The van der Waals surface area contributed by atoms with E-state index in [0.29, 0.717) is 38.7 Å². The molecule has 1 N–H and O–H groups in total. The largest absolute Gasteiger partial charge is 0.497 e. The number of anilines is 1. The van der Waals surface area contributed by atoms with Gasteiger partial charge in [-0.25, -0.2) is 9.97 Å². The summed E-state index contributed by atoms with van der Waals surface area (Å²) < 4.78 is 16.2. The van der Waals surface area contributed by atoms with E-state index in [1.165, 1.54) is 11.8 Å². The Kier molecular flexibility index (Phi) is 9.14. The number of benzene rings is 3. The molecule has 216 valence electrons. The number of nitrogens with one attached hydrogen (secondary N) is 1. The lowest BCUT2D eigenvalue weighted by molar-refractivity contribution is -0.137. The summed E-state index contributed by atoms with van der Waals surface area (Å²) in [5.41, 5.74) is 3.57. The zero-order valence-corrected chi connectivity index (χ0v) is 24.9. The number of aryl methyl sites for hydroxylation is 2. The Labute approximate surface area is 253 Å². The minimum absolute atomic E-state index is 0.0282. The van der Waals surface area contributed by atoms with E-state index in [4.69, 9.17) is 25.8 Å². The third-order valence-electron chi connectivity index (χ3n) is 6.50. The van der Waals surface area contributed by atoms with Crippen LogP contribution in [0, 0.1) is 13.8 Å². The highest BCUT2D eigenvalue weighted by molar-refractivity contribution is 7.99. The number of rotatable bonds is 10. The quantitative estimate of drug-likeness (QED) is 0.174. The molecule has 2 amide bonds. The molecule has 0 radical (unpaired) electrons. The molecule has 2 heterocycles. The van der Waals surface area contributed by atoms with E-state index in [-0.39, 0.29) is 25.0 Å². The number of ether oxygens (including phenoxy) is 3. The standard InChI is InChI=1S/C31H29ClN4O5S/c1-19-14-20(2)34-31(33-19)42-17-28(37)36(16-21-4-11-25(39-3)12-5-21)29(22-6-8-23(32)9-7-22)30(38)35-24-10-13-26-27(15-24)41-18-40-26/h4-15,29H,16-18H2,1-3H3,(H,35,38). The molecule has 42 heavy (non-hydrogen) atoms. The average Bonchev–Trinajstić information content (AvgIpc) is 3.44. The van der Waals surface area contributed by atoms with Gasteiger partial charge in [-0.2, -0.15) is 0 Å². The number of halogens is 1. The van der Waals surface area contributed by atoms with Gasteiger partial charge in [0.2, 0.25) is 12.7 Å². The fourth-order valence-electron chi connectivity index (χ4n) is 4.52. The molecule has 1 aromatic heterocycles. The third-order valence-corrected chi connectivity index (χ3v) is 7.59. The fraction of sp³-hybridized carbons (Fsp3) is 0.226. The van der Waals surface area contributed by atoms with E-state index < -0.39 is 11.9 Å². The summed E-state index contributed by atoms with van der Waals surface area (Å²) in [6.45, 7) is 4.05. The second-order valence-electron chi connectivity index (χ2n) is 9.60. The predicted octanol–water partition coefficient (Wildman–Crippen LogP) is 5.99. The van der Waals surface area contributed by atoms with E-state index in [1.807, 2.05) is 44.2 Å². The first-order chi connectivity index (χ1) is 20.3. The molecule has 0 saturated heterocycles. The average molecular weight is 605 g/mol. The Balaban J connectivity index is 1.48. The number of aromatic nitrogens is 2. The first-order valence-electron chi connectivity index (χ1n) is 13.1. The van der Waals surface area contributed by atoms with Crippen LogP contribution in [0.25, 0.3) is 0 Å². The lowest BCUT2D eigenvalue weighted by Gasteiger charge is -2.31. The van der Waals surface area contributed by atoms with Crippen molar-refractivity contribution in [1.29, 1.82) is 0 Å². The third kappa shape index (κ3) is 7.13. The highest BCUT2D eigenvalue weighted by Crippen LogP contribution is 2.35. The molecule has 1 atom stereocenters. The van der Waals surface area contributed by atoms with Crippen LogP contribution in [0.15, 0.2) is 78.0 Å². The number of amides is 2. The van der Waals surface area contributed by atoms with Gasteiger partial charge in [-0.05, 0) is 67.4 Å². The topological polar surface area (TPSA) is 103 Å². The second-order valence-corrected chi connectivity index (χ2v) is 11.0. The number of hydrogen-bond acceptors (Lipinski definition) is 8. The molecule has 1 aliphatic heterocycles. The first-order valence-corrected chi connectivity index (χ1v) is 14.5. The summed E-state index contributed by atoms with van der Waals surface area (Å²) in [6, 6.07) is 20.3. The summed E-state index contributed by atoms with van der Waals surface area (Å²) in [5.74, 6) is 1.19. The highest BCUT2D eigenvalue weighted by Gasteiger charge is 2.32. The molecule has 0 spiro atoms. The summed E-state index contributed by atoms with van der Waals surface area (Å²) in [7, 11) is 1.59. The van der Waals surface area contributed by atoms with Gasteiger partial charge in [0, 0.05) is 34.7 Å². The van der Waals surface area contributed by atoms with Gasteiger partial charge in [0.25, 0.3) is 5.91 Å². The fourth-order valence-corrected chi connectivity index (χ4v) is 5.48. The minimum Gasteiger partial charge on any atom is -0.497 e. The van der Waals surface area contributed by atoms with Crippen LogP contribution in [-0.4, -0.2) is 46.3 Å².